The predicted octanol–water partition coefficient (Wildman–Crippen LogP) is 4.59. The van der Waals surface area contributed by atoms with Gasteiger partial charge in [0.2, 0.25) is 5.91 Å². The number of carbonyl (C=O) groups excluding carboxylic acids is 1. The van der Waals surface area contributed by atoms with Crippen molar-refractivity contribution in [3.63, 3.8) is 0 Å². The van der Waals surface area contributed by atoms with E-state index in [9.17, 15) is 4.79 Å². The molecule has 0 saturated heterocycles. The van der Waals surface area contributed by atoms with Gasteiger partial charge in [-0.2, -0.15) is 0 Å². The minimum Gasteiger partial charge on any atom is -0.494 e. The van der Waals surface area contributed by atoms with Crippen LogP contribution < -0.4 is 10.1 Å². The Morgan fingerprint density at radius 1 is 1.15 bits per heavy atom. The van der Waals surface area contributed by atoms with Crippen LogP contribution in [0.5, 0.6) is 5.75 Å². The van der Waals surface area contributed by atoms with Crippen LogP contribution >= 0.6 is 0 Å². The van der Waals surface area contributed by atoms with Gasteiger partial charge in [-0.15, -0.1) is 0 Å². The molecule has 5 aliphatic rings. The van der Waals surface area contributed by atoms with Crippen LogP contribution in [-0.4, -0.2) is 33.9 Å². The molecule has 2 aromatic rings. The molecule has 1 aromatic carbocycles. The van der Waals surface area contributed by atoms with Crippen LogP contribution in [0, 0.1) is 23.2 Å². The maximum Gasteiger partial charge on any atom is 0.231 e. The first kappa shape index (κ1) is 21.1. The van der Waals surface area contributed by atoms with Gasteiger partial charge in [0.05, 0.1) is 17.7 Å². The first-order chi connectivity index (χ1) is 16.1. The molecule has 0 spiro atoms. The molecule has 6 heteroatoms. The summed E-state index contributed by atoms with van der Waals surface area (Å²) in [6.07, 6.45) is 9.74. The summed E-state index contributed by atoms with van der Waals surface area (Å²) in [7, 11) is 0. The molecule has 0 radical (unpaired) electrons. The van der Waals surface area contributed by atoms with Gasteiger partial charge >= 0.3 is 0 Å². The van der Waals surface area contributed by atoms with E-state index in [1.807, 2.05) is 13.0 Å². The zero-order valence-electron chi connectivity index (χ0n) is 19.6. The Kier molecular flexibility index (Phi) is 5.36. The van der Waals surface area contributed by atoms with Crippen molar-refractivity contribution in [2.24, 2.45) is 23.2 Å². The van der Waals surface area contributed by atoms with Crippen LogP contribution in [0.2, 0.25) is 0 Å². The van der Waals surface area contributed by atoms with Crippen molar-refractivity contribution in [2.75, 3.05) is 18.5 Å². The Morgan fingerprint density at radius 3 is 2.64 bits per heavy atom. The van der Waals surface area contributed by atoms with E-state index in [1.165, 1.54) is 24.8 Å². The van der Waals surface area contributed by atoms with Crippen LogP contribution in [0.4, 0.5) is 5.82 Å². The lowest BCUT2D eigenvalue weighted by Gasteiger charge is -2.55. The van der Waals surface area contributed by atoms with E-state index >= 15 is 0 Å². The van der Waals surface area contributed by atoms with Crippen LogP contribution in [0.25, 0.3) is 0 Å². The van der Waals surface area contributed by atoms with Gasteiger partial charge in [0, 0.05) is 25.2 Å². The number of hydrogen-bond acceptors (Lipinski definition) is 5. The van der Waals surface area contributed by atoms with Crippen molar-refractivity contribution in [3.05, 3.63) is 47.4 Å². The summed E-state index contributed by atoms with van der Waals surface area (Å²) in [5, 5.41) is 3.29. The van der Waals surface area contributed by atoms with E-state index in [4.69, 9.17) is 4.74 Å². The first-order valence-corrected chi connectivity index (χ1v) is 12.7. The number of carbonyl (C=O) groups is 1. The molecule has 4 fully saturated rings. The zero-order valence-corrected chi connectivity index (χ0v) is 19.6. The minimum atomic E-state index is -0.154. The summed E-state index contributed by atoms with van der Waals surface area (Å²) in [5.74, 6) is 4.17. The van der Waals surface area contributed by atoms with Gasteiger partial charge in [0.1, 0.15) is 17.9 Å². The molecule has 174 valence electrons. The van der Waals surface area contributed by atoms with Gasteiger partial charge in [0.15, 0.2) is 0 Å². The fourth-order valence-corrected chi connectivity index (χ4v) is 7.44. The average molecular weight is 447 g/mol. The second-order valence-corrected chi connectivity index (χ2v) is 10.8. The van der Waals surface area contributed by atoms with Crippen LogP contribution in [-0.2, 0) is 24.3 Å². The molecule has 2 heterocycles. The van der Waals surface area contributed by atoms with E-state index in [-0.39, 0.29) is 11.3 Å². The van der Waals surface area contributed by atoms with E-state index in [1.54, 1.807) is 6.33 Å². The number of nitrogens with zero attached hydrogens (tertiary/aromatic N) is 3. The van der Waals surface area contributed by atoms with E-state index in [0.29, 0.717) is 6.61 Å². The summed E-state index contributed by atoms with van der Waals surface area (Å²) >= 11 is 0. The molecule has 6 nitrogen and oxygen atoms in total. The summed E-state index contributed by atoms with van der Waals surface area (Å²) in [6.45, 7) is 5.25. The molecule has 1 amide bonds. The zero-order chi connectivity index (χ0) is 22.4. The molecule has 0 atom stereocenters. The topological polar surface area (TPSA) is 67.3 Å². The largest absolute Gasteiger partial charge is 0.494 e. The van der Waals surface area contributed by atoms with Crippen molar-refractivity contribution < 1.29 is 9.53 Å². The molecule has 4 bridgehead atoms. The molecular formula is C27H34N4O2. The van der Waals surface area contributed by atoms with E-state index < -0.39 is 0 Å². The molecule has 1 aromatic heterocycles. The highest BCUT2D eigenvalue weighted by Crippen LogP contribution is 2.60. The Morgan fingerprint density at radius 2 is 1.91 bits per heavy atom. The summed E-state index contributed by atoms with van der Waals surface area (Å²) in [5.41, 5.74) is 3.25. The lowest BCUT2D eigenvalue weighted by Crippen LogP contribution is -2.52. The highest BCUT2D eigenvalue weighted by molar-refractivity contribution is 5.95. The molecule has 0 unspecified atom stereocenters. The van der Waals surface area contributed by atoms with Gasteiger partial charge in [-0.3, -0.25) is 9.69 Å². The lowest BCUT2D eigenvalue weighted by atomic mass is 9.49. The fourth-order valence-electron chi connectivity index (χ4n) is 7.44. The van der Waals surface area contributed by atoms with Crippen LogP contribution in [0.1, 0.15) is 62.3 Å². The monoisotopic (exact) mass is 446 g/mol. The number of ether oxygens (including phenoxy) is 1. The van der Waals surface area contributed by atoms with Gasteiger partial charge in [0.25, 0.3) is 0 Å². The van der Waals surface area contributed by atoms with Crippen molar-refractivity contribution in [3.8, 4) is 5.75 Å². The first-order valence-electron chi connectivity index (χ1n) is 12.7. The van der Waals surface area contributed by atoms with E-state index in [0.717, 1.165) is 85.9 Å². The number of fused-ring (bicyclic) bond motifs is 1. The molecule has 7 rings (SSSR count). The SMILES string of the molecule is CCOc1cccc(CN2CCc3c(ncnc3NC(=O)C34CC5CC(CC(C5)C3)C4)C2)c1. The Labute approximate surface area is 196 Å². The minimum absolute atomic E-state index is 0.154. The Bertz CT molecular complexity index is 1020. The molecule has 1 N–H and O–H groups in total. The molecule has 4 saturated carbocycles. The quantitative estimate of drug-likeness (QED) is 0.703. The number of benzene rings is 1. The van der Waals surface area contributed by atoms with Gasteiger partial charge < -0.3 is 10.1 Å². The highest BCUT2D eigenvalue weighted by atomic mass is 16.5. The smallest absolute Gasteiger partial charge is 0.231 e. The second kappa shape index (κ2) is 8.39. The average Bonchev–Trinajstić information content (AvgIpc) is 2.79. The maximum absolute atomic E-state index is 13.5. The third-order valence-corrected chi connectivity index (χ3v) is 8.45. The summed E-state index contributed by atoms with van der Waals surface area (Å²) in [4.78, 5) is 25.1. The second-order valence-electron chi connectivity index (χ2n) is 10.8. The van der Waals surface area contributed by atoms with E-state index in [2.05, 4.69) is 38.4 Å². The normalized spacial score (nSPS) is 30.2. The van der Waals surface area contributed by atoms with Crippen LogP contribution in [0.3, 0.4) is 0 Å². The standard InChI is InChI=1S/C27H34N4O2/c1-2-33-22-5-3-4-18(11-22)15-31-7-6-23-24(16-31)28-17-29-25(23)30-26(32)27-12-19-8-20(13-27)10-21(9-19)14-27/h3-5,11,17,19-21H,2,6-10,12-16H2,1H3,(H,28,29,30,32). The number of anilines is 1. The van der Waals surface area contributed by atoms with Gasteiger partial charge in [-0.1, -0.05) is 12.1 Å². The van der Waals surface area contributed by atoms with Crippen molar-refractivity contribution in [2.45, 2.75) is 65.0 Å². The van der Waals surface area contributed by atoms with Crippen molar-refractivity contribution >= 4 is 11.7 Å². The Balaban J connectivity index is 1.15. The number of hydrogen-bond donors (Lipinski definition) is 1. The lowest BCUT2D eigenvalue weighted by molar-refractivity contribution is -0.140. The highest BCUT2D eigenvalue weighted by Gasteiger charge is 2.54. The number of rotatable bonds is 6. The molecule has 4 aliphatic carbocycles. The van der Waals surface area contributed by atoms with Crippen molar-refractivity contribution in [1.82, 2.24) is 14.9 Å². The van der Waals surface area contributed by atoms with Gasteiger partial charge in [-0.25, -0.2) is 9.97 Å². The summed E-state index contributed by atoms with van der Waals surface area (Å²) < 4.78 is 5.65. The van der Waals surface area contributed by atoms with Crippen molar-refractivity contribution in [1.29, 1.82) is 0 Å². The third-order valence-electron chi connectivity index (χ3n) is 8.45. The number of nitrogens with one attached hydrogen (secondary N) is 1. The van der Waals surface area contributed by atoms with Crippen LogP contribution in [0.15, 0.2) is 30.6 Å². The number of amides is 1. The maximum atomic E-state index is 13.5. The summed E-state index contributed by atoms with van der Waals surface area (Å²) in [6, 6.07) is 8.33. The molecular weight excluding hydrogens is 412 g/mol. The molecule has 1 aliphatic heterocycles. The molecule has 33 heavy (non-hydrogen) atoms. The van der Waals surface area contributed by atoms with Gasteiger partial charge in [-0.05, 0) is 87.3 Å². The third kappa shape index (κ3) is 4.03. The number of aromatic nitrogens is 2. The fraction of sp³-hybridized carbons (Fsp3) is 0.593. The predicted molar refractivity (Wildman–Crippen MR) is 127 cm³/mol. The Hall–Kier alpha value is -2.47.